The van der Waals surface area contributed by atoms with Crippen molar-refractivity contribution in [2.45, 2.75) is 13.8 Å². The summed E-state index contributed by atoms with van der Waals surface area (Å²) in [5, 5.41) is 11.6. The minimum absolute atomic E-state index is 0.112. The molecular formula is C13H16BrNO4. The number of rotatable bonds is 6. The average Bonchev–Trinajstić information content (AvgIpc) is 2.35. The van der Waals surface area contributed by atoms with Crippen LogP contribution in [0.2, 0.25) is 0 Å². The molecule has 0 heterocycles. The topological polar surface area (TPSA) is 75.6 Å². The molecule has 0 atom stereocenters. The van der Waals surface area contributed by atoms with Crippen LogP contribution in [-0.4, -0.2) is 30.1 Å². The van der Waals surface area contributed by atoms with E-state index in [0.717, 1.165) is 0 Å². The number of carbonyl (C=O) groups excluding carboxylic acids is 1. The maximum Gasteiger partial charge on any atom is 0.335 e. The smallest absolute Gasteiger partial charge is 0.335 e. The van der Waals surface area contributed by atoms with E-state index < -0.39 is 5.97 Å². The molecule has 0 saturated carbocycles. The molecule has 1 aromatic rings. The molecule has 0 aliphatic rings. The highest BCUT2D eigenvalue weighted by Gasteiger charge is 2.10. The van der Waals surface area contributed by atoms with Gasteiger partial charge in [0.15, 0.2) is 6.61 Å². The minimum atomic E-state index is -1.04. The minimum Gasteiger partial charge on any atom is -0.483 e. The third-order valence-corrected chi connectivity index (χ3v) is 2.90. The van der Waals surface area contributed by atoms with Crippen molar-refractivity contribution in [2.75, 3.05) is 13.2 Å². The number of carboxylic acids is 1. The van der Waals surface area contributed by atoms with Crippen LogP contribution < -0.4 is 10.1 Å². The van der Waals surface area contributed by atoms with Crippen molar-refractivity contribution in [3.63, 3.8) is 0 Å². The first-order valence-electron chi connectivity index (χ1n) is 5.82. The first-order chi connectivity index (χ1) is 8.90. The van der Waals surface area contributed by atoms with Gasteiger partial charge in [0.25, 0.3) is 5.91 Å². The van der Waals surface area contributed by atoms with Crippen LogP contribution in [0.1, 0.15) is 24.2 Å². The highest BCUT2D eigenvalue weighted by atomic mass is 79.9. The summed E-state index contributed by atoms with van der Waals surface area (Å²) in [5.74, 6) is -0.575. The van der Waals surface area contributed by atoms with Crippen molar-refractivity contribution >= 4 is 27.8 Å². The van der Waals surface area contributed by atoms with Crippen molar-refractivity contribution in [1.82, 2.24) is 5.32 Å². The quantitative estimate of drug-likeness (QED) is 0.839. The summed E-state index contributed by atoms with van der Waals surface area (Å²) in [6.07, 6.45) is 0. The Hall–Kier alpha value is -1.56. The fourth-order valence-corrected chi connectivity index (χ4v) is 1.62. The van der Waals surface area contributed by atoms with E-state index in [0.29, 0.717) is 22.7 Å². The van der Waals surface area contributed by atoms with Crippen LogP contribution in [0.4, 0.5) is 0 Å². The summed E-state index contributed by atoms with van der Waals surface area (Å²) < 4.78 is 5.91. The molecular weight excluding hydrogens is 314 g/mol. The standard InChI is InChI=1S/C13H16BrNO4/c1-8(2)6-15-12(16)7-19-11-5-9(13(17)18)3-4-10(11)14/h3-5,8H,6-7H2,1-2H3,(H,15,16)(H,17,18). The van der Waals surface area contributed by atoms with E-state index >= 15 is 0 Å². The number of carboxylic acid groups (broad SMARTS) is 1. The molecule has 0 fully saturated rings. The molecule has 19 heavy (non-hydrogen) atoms. The molecule has 0 aliphatic heterocycles. The third kappa shape index (κ3) is 5.30. The second-order valence-electron chi connectivity index (χ2n) is 4.44. The summed E-state index contributed by atoms with van der Waals surface area (Å²) in [7, 11) is 0. The number of carbonyl (C=O) groups is 2. The Morgan fingerprint density at radius 3 is 2.68 bits per heavy atom. The van der Waals surface area contributed by atoms with Gasteiger partial charge in [0, 0.05) is 6.54 Å². The lowest BCUT2D eigenvalue weighted by Crippen LogP contribution is -2.31. The van der Waals surface area contributed by atoms with Crippen LogP contribution in [0.3, 0.4) is 0 Å². The molecule has 104 valence electrons. The molecule has 0 saturated heterocycles. The van der Waals surface area contributed by atoms with Gasteiger partial charge in [0.05, 0.1) is 10.0 Å². The number of halogens is 1. The number of nitrogens with one attached hydrogen (secondary N) is 1. The van der Waals surface area contributed by atoms with Crippen molar-refractivity contribution in [2.24, 2.45) is 5.92 Å². The summed E-state index contributed by atoms with van der Waals surface area (Å²) in [4.78, 5) is 22.3. The van der Waals surface area contributed by atoms with Gasteiger partial charge in [-0.15, -0.1) is 0 Å². The lowest BCUT2D eigenvalue weighted by atomic mass is 10.2. The second kappa shape index (κ2) is 7.13. The first kappa shape index (κ1) is 15.5. The molecule has 1 rings (SSSR count). The molecule has 0 aliphatic carbocycles. The zero-order valence-corrected chi connectivity index (χ0v) is 12.4. The summed E-state index contributed by atoms with van der Waals surface area (Å²) >= 11 is 3.24. The monoisotopic (exact) mass is 329 g/mol. The van der Waals surface area contributed by atoms with Crippen molar-refractivity contribution in [3.05, 3.63) is 28.2 Å². The Bertz CT molecular complexity index is 474. The Morgan fingerprint density at radius 1 is 1.42 bits per heavy atom. The predicted molar refractivity (Wildman–Crippen MR) is 74.4 cm³/mol. The molecule has 1 amide bonds. The van der Waals surface area contributed by atoms with E-state index in [1.54, 1.807) is 6.07 Å². The fourth-order valence-electron chi connectivity index (χ4n) is 1.26. The molecule has 6 heteroatoms. The number of ether oxygens (including phenoxy) is 1. The van der Waals surface area contributed by atoms with Crippen molar-refractivity contribution < 1.29 is 19.4 Å². The number of benzene rings is 1. The average molecular weight is 330 g/mol. The Balaban J connectivity index is 2.59. The van der Waals surface area contributed by atoms with Crippen LogP contribution in [0.25, 0.3) is 0 Å². The number of hydrogen-bond donors (Lipinski definition) is 2. The van der Waals surface area contributed by atoms with Crippen LogP contribution in [-0.2, 0) is 4.79 Å². The summed E-state index contributed by atoms with van der Waals surface area (Å²) in [6.45, 7) is 4.43. The van der Waals surface area contributed by atoms with Crippen LogP contribution in [0.15, 0.2) is 22.7 Å². The number of hydrogen-bond acceptors (Lipinski definition) is 3. The van der Waals surface area contributed by atoms with Gasteiger partial charge in [-0.3, -0.25) is 4.79 Å². The van der Waals surface area contributed by atoms with Crippen molar-refractivity contribution in [1.29, 1.82) is 0 Å². The fraction of sp³-hybridized carbons (Fsp3) is 0.385. The Labute approximate surface area is 120 Å². The maximum atomic E-state index is 11.5. The number of amides is 1. The Kier molecular flexibility index (Phi) is 5.82. The molecule has 1 aromatic carbocycles. The van der Waals surface area contributed by atoms with E-state index in [-0.39, 0.29) is 18.1 Å². The molecule has 0 radical (unpaired) electrons. The van der Waals surface area contributed by atoms with Crippen LogP contribution in [0, 0.1) is 5.92 Å². The molecule has 2 N–H and O–H groups in total. The van der Waals surface area contributed by atoms with Gasteiger partial charge in [-0.25, -0.2) is 4.79 Å². The first-order valence-corrected chi connectivity index (χ1v) is 6.61. The van der Waals surface area contributed by atoms with E-state index in [4.69, 9.17) is 9.84 Å². The summed E-state index contributed by atoms with van der Waals surface area (Å²) in [6, 6.07) is 4.41. The SMILES string of the molecule is CC(C)CNC(=O)COc1cc(C(=O)O)ccc1Br. The zero-order valence-electron chi connectivity index (χ0n) is 10.8. The van der Waals surface area contributed by atoms with Gasteiger partial charge in [-0.05, 0) is 40.0 Å². The molecule has 0 spiro atoms. The van der Waals surface area contributed by atoms with Crippen molar-refractivity contribution in [3.8, 4) is 5.75 Å². The number of aromatic carboxylic acids is 1. The Morgan fingerprint density at radius 2 is 2.11 bits per heavy atom. The molecule has 0 aromatic heterocycles. The highest BCUT2D eigenvalue weighted by molar-refractivity contribution is 9.10. The maximum absolute atomic E-state index is 11.5. The summed E-state index contributed by atoms with van der Waals surface area (Å²) in [5.41, 5.74) is 0.112. The zero-order chi connectivity index (χ0) is 14.4. The van der Waals surface area contributed by atoms with Crippen LogP contribution >= 0.6 is 15.9 Å². The van der Waals surface area contributed by atoms with E-state index in [2.05, 4.69) is 21.2 Å². The molecule has 0 unspecified atom stereocenters. The van der Waals surface area contributed by atoms with Gasteiger partial charge in [0.2, 0.25) is 0 Å². The van der Waals surface area contributed by atoms with Gasteiger partial charge in [-0.1, -0.05) is 13.8 Å². The van der Waals surface area contributed by atoms with Gasteiger partial charge in [0.1, 0.15) is 5.75 Å². The lowest BCUT2D eigenvalue weighted by molar-refractivity contribution is -0.123. The van der Waals surface area contributed by atoms with Gasteiger partial charge < -0.3 is 15.2 Å². The second-order valence-corrected chi connectivity index (χ2v) is 5.29. The lowest BCUT2D eigenvalue weighted by Gasteiger charge is -2.10. The van der Waals surface area contributed by atoms with Gasteiger partial charge >= 0.3 is 5.97 Å². The highest BCUT2D eigenvalue weighted by Crippen LogP contribution is 2.26. The third-order valence-electron chi connectivity index (χ3n) is 2.24. The molecule has 5 nitrogen and oxygen atoms in total. The normalized spacial score (nSPS) is 10.3. The van der Waals surface area contributed by atoms with E-state index in [9.17, 15) is 9.59 Å². The predicted octanol–water partition coefficient (Wildman–Crippen LogP) is 2.30. The van der Waals surface area contributed by atoms with E-state index in [1.165, 1.54) is 12.1 Å². The van der Waals surface area contributed by atoms with Crippen LogP contribution in [0.5, 0.6) is 5.75 Å². The van der Waals surface area contributed by atoms with Gasteiger partial charge in [-0.2, -0.15) is 0 Å². The largest absolute Gasteiger partial charge is 0.483 e. The van der Waals surface area contributed by atoms with E-state index in [1.807, 2.05) is 13.8 Å². The molecule has 0 bridgehead atoms.